The maximum Gasteiger partial charge on any atom is 0.361 e. The summed E-state index contributed by atoms with van der Waals surface area (Å²) in [6.07, 6.45) is 0. The Morgan fingerprint density at radius 3 is 2.21 bits per heavy atom. The van der Waals surface area contributed by atoms with Gasteiger partial charge in [-0.1, -0.05) is 21.1 Å². The zero-order chi connectivity index (χ0) is 21.5. The summed E-state index contributed by atoms with van der Waals surface area (Å²) in [4.78, 5) is 61.0. The highest BCUT2D eigenvalue weighted by Crippen LogP contribution is 2.21. The molecule has 0 radical (unpaired) electrons. The Morgan fingerprint density at radius 2 is 1.75 bits per heavy atom. The van der Waals surface area contributed by atoms with E-state index in [1.165, 1.54) is 24.3 Å². The molecule has 0 unspecified atom stereocenters. The number of hydrogen-bond acceptors (Lipinski definition) is 9. The van der Waals surface area contributed by atoms with Crippen LogP contribution in [-0.4, -0.2) is 44.8 Å². The number of esters is 1. The number of rotatable bonds is 9. The van der Waals surface area contributed by atoms with E-state index in [0.29, 0.717) is 5.56 Å². The lowest BCUT2D eigenvalue weighted by atomic mass is 9.94. The largest absolute Gasteiger partial charge is 0.476 e. The topological polar surface area (TPSA) is 162 Å². The van der Waals surface area contributed by atoms with Gasteiger partial charge in [0, 0.05) is 12.1 Å². The van der Waals surface area contributed by atoms with E-state index < -0.39 is 39.7 Å². The first-order valence-corrected chi connectivity index (χ1v) is 8.65. The summed E-state index contributed by atoms with van der Waals surface area (Å²) in [7, 11) is 0. The Kier molecular flexibility index (Phi) is 7.92. The van der Waals surface area contributed by atoms with Crippen LogP contribution in [0.5, 0.6) is 0 Å². The molecule has 0 aliphatic heterocycles. The van der Waals surface area contributed by atoms with Crippen LogP contribution in [0.4, 0.5) is 5.69 Å². The molecule has 1 rings (SSSR count). The number of alkyl halides is 1. The number of oxime groups is 1. The second-order valence-electron chi connectivity index (χ2n) is 5.81. The molecule has 0 amide bonds. The van der Waals surface area contributed by atoms with Gasteiger partial charge in [0.25, 0.3) is 5.69 Å². The lowest BCUT2D eigenvalue weighted by Gasteiger charge is -2.18. The fraction of sp³-hybridized carbons (Fsp3) is 0.312. The van der Waals surface area contributed by atoms with Crippen molar-refractivity contribution in [1.82, 2.24) is 0 Å². The Bertz CT molecular complexity index is 831. The number of hydrogen-bond donors (Lipinski definition) is 1. The van der Waals surface area contributed by atoms with Crippen LogP contribution in [0.25, 0.3) is 0 Å². The van der Waals surface area contributed by atoms with Gasteiger partial charge in [-0.15, -0.1) is 0 Å². The monoisotopic (exact) mass is 458 g/mol. The number of carbonyl (C=O) groups is 4. The number of ketones is 1. The van der Waals surface area contributed by atoms with Crippen LogP contribution in [0.15, 0.2) is 29.4 Å². The minimum Gasteiger partial charge on any atom is -0.476 e. The Balaban J connectivity index is 2.77. The number of benzene rings is 1. The number of ether oxygens (including phenoxy) is 1. The van der Waals surface area contributed by atoms with Crippen molar-refractivity contribution in [3.8, 4) is 0 Å². The average Bonchev–Trinajstić information content (AvgIpc) is 2.65. The van der Waals surface area contributed by atoms with Gasteiger partial charge in [-0.2, -0.15) is 0 Å². The summed E-state index contributed by atoms with van der Waals surface area (Å²) in [6.45, 7) is 2.06. The summed E-state index contributed by atoms with van der Waals surface area (Å²) in [5.74, 6) is -4.87. The second kappa shape index (κ2) is 9.69. The molecule has 12 heteroatoms. The third-order valence-corrected chi connectivity index (χ3v) is 3.85. The average molecular weight is 459 g/mol. The number of carboxylic acid groups (broad SMARTS) is 1. The van der Waals surface area contributed by atoms with Crippen LogP contribution >= 0.6 is 15.9 Å². The Hall–Kier alpha value is -3.15. The maximum absolute atomic E-state index is 12.2. The number of halogens is 1. The van der Waals surface area contributed by atoms with Gasteiger partial charge in [-0.3, -0.25) is 19.7 Å². The molecule has 1 aromatic rings. The van der Waals surface area contributed by atoms with E-state index in [9.17, 15) is 29.3 Å². The molecule has 1 N–H and O–H groups in total. The zero-order valence-corrected chi connectivity index (χ0v) is 16.3. The van der Waals surface area contributed by atoms with E-state index in [2.05, 4.69) is 25.9 Å². The van der Waals surface area contributed by atoms with Gasteiger partial charge in [-0.05, 0) is 31.5 Å². The molecule has 0 atom stereocenters. The first-order chi connectivity index (χ1) is 13.0. The molecule has 150 valence electrons. The van der Waals surface area contributed by atoms with Crippen molar-refractivity contribution in [3.63, 3.8) is 0 Å². The highest BCUT2D eigenvalue weighted by molar-refractivity contribution is 9.09. The summed E-state index contributed by atoms with van der Waals surface area (Å²) >= 11 is 2.76. The summed E-state index contributed by atoms with van der Waals surface area (Å²) in [6, 6.07) is 5.22. The molecule has 0 fully saturated rings. The predicted molar refractivity (Wildman–Crippen MR) is 96.6 cm³/mol. The molecule has 28 heavy (non-hydrogen) atoms. The molecule has 0 aliphatic carbocycles. The fourth-order valence-corrected chi connectivity index (χ4v) is 1.87. The van der Waals surface area contributed by atoms with E-state index in [0.717, 1.165) is 13.8 Å². The lowest BCUT2D eigenvalue weighted by Crippen LogP contribution is -2.36. The lowest BCUT2D eigenvalue weighted by molar-refractivity contribution is -0.384. The van der Waals surface area contributed by atoms with Crippen molar-refractivity contribution >= 4 is 51.0 Å². The van der Waals surface area contributed by atoms with Gasteiger partial charge < -0.3 is 14.7 Å². The molecule has 0 heterocycles. The van der Waals surface area contributed by atoms with Crippen LogP contribution < -0.4 is 0 Å². The third kappa shape index (κ3) is 5.94. The number of nitrogens with zero attached hydrogens (tertiary/aromatic N) is 2. The minimum absolute atomic E-state index is 0.135. The van der Waals surface area contributed by atoms with Gasteiger partial charge >= 0.3 is 17.9 Å². The SMILES string of the molecule is CC(C)(C(=O)OCc1ccc([N+](=O)[O-])cc1)C(=O)ON=C(C(=O)O)C(=O)CBr. The van der Waals surface area contributed by atoms with Crippen molar-refractivity contribution in [1.29, 1.82) is 0 Å². The van der Waals surface area contributed by atoms with Crippen LogP contribution in [0.1, 0.15) is 19.4 Å². The van der Waals surface area contributed by atoms with E-state index in [1.807, 2.05) is 0 Å². The molecule has 0 bridgehead atoms. The van der Waals surface area contributed by atoms with Gasteiger partial charge in [-0.25, -0.2) is 9.59 Å². The summed E-state index contributed by atoms with van der Waals surface area (Å²) in [5.41, 5.74) is -2.56. The number of carbonyl (C=O) groups excluding carboxylic acids is 3. The number of nitro groups is 1. The van der Waals surface area contributed by atoms with Crippen molar-refractivity contribution in [3.05, 3.63) is 39.9 Å². The molecule has 11 nitrogen and oxygen atoms in total. The van der Waals surface area contributed by atoms with Crippen LogP contribution in [0, 0.1) is 15.5 Å². The first kappa shape index (κ1) is 22.9. The van der Waals surface area contributed by atoms with Gasteiger partial charge in [0.05, 0.1) is 10.3 Å². The number of non-ortho nitro benzene ring substituents is 1. The summed E-state index contributed by atoms with van der Waals surface area (Å²) in [5, 5.41) is 22.1. The van der Waals surface area contributed by atoms with Crippen molar-refractivity contribution in [2.75, 3.05) is 5.33 Å². The molecule has 0 saturated heterocycles. The first-order valence-electron chi connectivity index (χ1n) is 7.53. The highest BCUT2D eigenvalue weighted by atomic mass is 79.9. The molecule has 0 spiro atoms. The zero-order valence-electron chi connectivity index (χ0n) is 14.7. The second-order valence-corrected chi connectivity index (χ2v) is 6.37. The van der Waals surface area contributed by atoms with Crippen LogP contribution in [-0.2, 0) is 35.4 Å². The normalized spacial score (nSPS) is 11.5. The number of Topliss-reactive ketones (excluding diaryl/α,β-unsaturated/α-hetero) is 1. The van der Waals surface area contributed by atoms with Gasteiger partial charge in [0.1, 0.15) is 6.61 Å². The van der Waals surface area contributed by atoms with E-state index in [1.54, 1.807) is 0 Å². The number of nitro benzene ring substituents is 1. The van der Waals surface area contributed by atoms with Crippen molar-refractivity contribution in [2.24, 2.45) is 10.6 Å². The van der Waals surface area contributed by atoms with Crippen molar-refractivity contribution in [2.45, 2.75) is 20.5 Å². The quantitative estimate of drug-likeness (QED) is 0.110. The van der Waals surface area contributed by atoms with Gasteiger partial charge in [0.15, 0.2) is 5.41 Å². The standard InChI is InChI=1S/C16H15BrN2O9/c1-16(2,15(24)28-18-12(13(21)22)11(20)7-17)14(23)27-8-9-3-5-10(6-4-9)19(25)26/h3-6H,7-8H2,1-2H3,(H,21,22). The highest BCUT2D eigenvalue weighted by Gasteiger charge is 2.40. The van der Waals surface area contributed by atoms with Crippen LogP contribution in [0.2, 0.25) is 0 Å². The smallest absolute Gasteiger partial charge is 0.361 e. The molecule has 0 aliphatic rings. The van der Waals surface area contributed by atoms with E-state index >= 15 is 0 Å². The molecule has 0 aromatic heterocycles. The number of aliphatic carboxylic acids is 1. The minimum atomic E-state index is -1.86. The van der Waals surface area contributed by atoms with Gasteiger partial charge in [0.2, 0.25) is 11.5 Å². The fourth-order valence-electron chi connectivity index (χ4n) is 1.60. The molecule has 0 saturated carbocycles. The van der Waals surface area contributed by atoms with Crippen LogP contribution in [0.3, 0.4) is 0 Å². The number of carboxylic acids is 1. The summed E-state index contributed by atoms with van der Waals surface area (Å²) < 4.78 is 4.99. The van der Waals surface area contributed by atoms with E-state index in [4.69, 9.17) is 9.84 Å². The molecular weight excluding hydrogens is 444 g/mol. The van der Waals surface area contributed by atoms with Crippen molar-refractivity contribution < 1.29 is 38.8 Å². The maximum atomic E-state index is 12.2. The third-order valence-electron chi connectivity index (χ3n) is 3.35. The molecular formula is C16H15BrN2O9. The van der Waals surface area contributed by atoms with E-state index in [-0.39, 0.29) is 17.6 Å². The Morgan fingerprint density at radius 1 is 1.18 bits per heavy atom. The predicted octanol–water partition coefficient (Wildman–Crippen LogP) is 1.61. The Labute approximate surface area is 166 Å². The molecule has 1 aromatic carbocycles.